The number of halogens is 6. The van der Waals surface area contributed by atoms with Crippen LogP contribution in [0.1, 0.15) is 174 Å². The molecule has 0 unspecified atom stereocenters. The molecule has 5 aliphatic carbocycles. The molecule has 0 bridgehead atoms. The molecule has 0 saturated heterocycles. The molecular weight excluding hydrogens is 1880 g/mol. The van der Waals surface area contributed by atoms with E-state index in [1.54, 1.807) is 20.1 Å². The Kier molecular flexibility index (Phi) is 35.7. The van der Waals surface area contributed by atoms with E-state index in [-0.39, 0.29) is 11.8 Å². The molecule has 0 atom stereocenters. The quantitative estimate of drug-likeness (QED) is 0.0271. The fourth-order valence-electron chi connectivity index (χ4n) is 16.6. The number of rotatable bonds is 24. The summed E-state index contributed by atoms with van der Waals surface area (Å²) in [6, 6.07) is 59.3. The van der Waals surface area contributed by atoms with Gasteiger partial charge in [0.25, 0.3) is 0 Å². The number of nitrogens with one attached hydrogen (secondary N) is 2. The third kappa shape index (κ3) is 30.9. The number of nitrogens with zero attached hydrogens (tertiary/aromatic N) is 14. The number of anilines is 9. The monoisotopic (exact) mass is 2000 g/mol. The predicted molar refractivity (Wildman–Crippen MR) is 582 cm³/mol. The largest absolute Gasteiger partial charge is 0.496 e. The molecule has 5 aliphatic rings. The van der Waals surface area contributed by atoms with Crippen molar-refractivity contribution >= 4 is 111 Å². The van der Waals surface area contributed by atoms with Crippen LogP contribution < -0.4 is 55.5 Å². The molecule has 5 saturated carbocycles. The second kappa shape index (κ2) is 48.4. The summed E-state index contributed by atoms with van der Waals surface area (Å²) in [5, 5.41) is 10.2. The lowest BCUT2D eigenvalue weighted by atomic mass is 9.82. The number of nitrogen functional groups attached to an aromatic ring is 7. The second-order valence-corrected chi connectivity index (χ2v) is 39.8. The fourth-order valence-corrected chi connectivity index (χ4v) is 17.4. The molecule has 16 N–H and O–H groups in total. The molecule has 5 fully saturated rings. The van der Waals surface area contributed by atoms with Gasteiger partial charge in [-0.2, -0.15) is 9.97 Å². The highest BCUT2D eigenvalue weighted by atomic mass is 35.5. The van der Waals surface area contributed by atoms with Gasteiger partial charge < -0.3 is 55.5 Å². The molecule has 20 rings (SSSR count). The Bertz CT molecular complexity index is 6860. The Hall–Kier alpha value is -13.3. The lowest BCUT2D eigenvalue weighted by Gasteiger charge is -2.24. The van der Waals surface area contributed by atoms with Gasteiger partial charge in [-0.15, -0.1) is 0 Å². The van der Waals surface area contributed by atoms with E-state index in [9.17, 15) is 4.39 Å². The van der Waals surface area contributed by atoms with Crippen molar-refractivity contribution in [3.63, 3.8) is 0 Å². The maximum atomic E-state index is 13.6. The number of benzene rings is 8. The molecule has 0 amide bonds. The van der Waals surface area contributed by atoms with Crippen LogP contribution in [0.3, 0.4) is 0 Å². The standard InChI is InChI=1S/C19H18Cl2N4.C16H18ClN3.C16H18FN3.C16H20N4O.C16H19N3.C15H16ClN3.C14H16ClN3/c1-12-2-5-15(21)10-16(12)17-11-18(25-19(22)24-17)23-9-8-13-3-6-14(20)7-4-13;1-10-5-6-12(17)8-14(10)15-9-13(19-16(18)20-15)7-11-3-2-4-11;1-9-6-14(17)10(2)5-13(9)15-8-12(7-11-3-4-11)19-16(18)20-15;1-9-7-14(21-3)10(2)6-12(9)13-8-15(18-11-4-5-11)20-16(17)19-13;1-10-3-4-11(2)14(7-10)15-9-13(8-12-5-6-12)18-16(17)19-15;1-9-2-5-11(16)7-13(9)14-8-12(6-10-3-4-10)18-15(17)19-14;1-3-4-11-8-13(18-14(16)17-11)12-7-10(15)6-5-9(12)2/h2-7,10-11H,8-9H2,1H3,(H3,22,23,24,25);5-6,8-9,11H,2-4,7H2,1H3,(H2,18,19,20);5-6,8,11H,3-4,7H2,1-2H3,(H2,18,19,20);6-8,11H,4-5H2,1-3H3,(H3,17,18,19,20);3-4,7,9,12H,5-6,8H2,1-2H3,(H2,17,18,19);2,5,7-8,10H,3-4,6H2,1H3,(H2,17,18,19);5-8H,3-4H2,1-2H3,(H2,16,17,18). The Labute approximate surface area is 857 Å². The first kappa shape index (κ1) is 105. The van der Waals surface area contributed by atoms with Gasteiger partial charge in [-0.3, -0.25) is 0 Å². The maximum Gasteiger partial charge on any atom is 0.222 e. The number of aromatic nitrogens is 14. The smallest absolute Gasteiger partial charge is 0.222 e. The molecule has 7 heterocycles. The van der Waals surface area contributed by atoms with Crippen molar-refractivity contribution in [2.45, 2.75) is 198 Å². The summed E-state index contributed by atoms with van der Waals surface area (Å²) in [4.78, 5) is 60.5. The van der Waals surface area contributed by atoms with Crippen molar-refractivity contribution in [1.82, 2.24) is 69.8 Å². The van der Waals surface area contributed by atoms with E-state index in [2.05, 4.69) is 138 Å². The van der Waals surface area contributed by atoms with Gasteiger partial charge in [0, 0.05) is 117 Å². The van der Waals surface area contributed by atoms with E-state index in [0.29, 0.717) is 73.2 Å². The van der Waals surface area contributed by atoms with Crippen LogP contribution in [-0.2, 0) is 38.5 Å². The van der Waals surface area contributed by atoms with E-state index >= 15 is 0 Å². The first-order valence-corrected chi connectivity index (χ1v) is 50.2. The molecule has 15 aromatic rings. The van der Waals surface area contributed by atoms with Gasteiger partial charge in [-0.05, 0) is 360 Å². The topological polar surface area (TPSA) is 396 Å². The average molecular weight is 2010 g/mol. The summed E-state index contributed by atoms with van der Waals surface area (Å²) >= 11 is 30.2. The van der Waals surface area contributed by atoms with E-state index in [4.69, 9.17) is 103 Å². The number of aryl methyl sites for hydroxylation is 11. The minimum absolute atomic E-state index is 0.188. The number of hydrogen-bond donors (Lipinski definition) is 9. The van der Waals surface area contributed by atoms with E-state index in [1.807, 2.05) is 187 Å². The zero-order valence-electron chi connectivity index (χ0n) is 82.6. The summed E-state index contributed by atoms with van der Waals surface area (Å²) in [7, 11) is 1.68. The Morgan fingerprint density at radius 1 is 0.303 bits per heavy atom. The zero-order chi connectivity index (χ0) is 101. The van der Waals surface area contributed by atoms with E-state index < -0.39 is 0 Å². The lowest BCUT2D eigenvalue weighted by Crippen LogP contribution is -2.15. The van der Waals surface area contributed by atoms with Gasteiger partial charge in [-0.25, -0.2) is 64.2 Å². The summed E-state index contributed by atoms with van der Waals surface area (Å²) in [6.07, 6.45) is 20.9. The first-order valence-electron chi connectivity index (χ1n) is 48.3. The third-order valence-electron chi connectivity index (χ3n) is 25.2. The van der Waals surface area contributed by atoms with Crippen molar-refractivity contribution in [2.24, 2.45) is 23.7 Å². The maximum absolute atomic E-state index is 13.6. The van der Waals surface area contributed by atoms with Crippen molar-refractivity contribution in [2.75, 3.05) is 64.4 Å². The third-order valence-corrected chi connectivity index (χ3v) is 26.4. The highest BCUT2D eigenvalue weighted by Crippen LogP contribution is 2.40. The summed E-state index contributed by atoms with van der Waals surface area (Å²) in [5.41, 5.74) is 70.8. The van der Waals surface area contributed by atoms with Gasteiger partial charge >= 0.3 is 0 Å². The summed E-state index contributed by atoms with van der Waals surface area (Å²) in [6.45, 7) is 22.9. The van der Waals surface area contributed by atoms with Crippen LogP contribution in [0.2, 0.25) is 25.1 Å². The molecule has 7 aromatic heterocycles. The molecular formula is C112H125Cl5FN23O. The Morgan fingerprint density at radius 2 is 0.620 bits per heavy atom. The molecule has 8 aromatic carbocycles. The SMILES string of the molecule is CCCc1cc(-c2cc(Cl)ccc2C)nc(N)n1.COc1cc(C)c(-c2cc(NC3CC3)nc(N)n2)cc1C.Cc1cc(-c2cc(CC3CC3)nc(N)n2)c(C)cc1F.Cc1ccc(C)c(-c2cc(CC3CC3)nc(N)n2)c1.Cc1ccc(Cl)cc1-c1cc(CC2CC2)nc(N)n1.Cc1ccc(Cl)cc1-c1cc(CC2CCC2)nc(N)n1.Cc1ccc(Cl)cc1-c1cc(NCCc2ccc(Cl)cc2)nc(N)n1. The molecule has 736 valence electrons. The van der Waals surface area contributed by atoms with Gasteiger partial charge in [0.2, 0.25) is 41.6 Å². The molecule has 0 aliphatic heterocycles. The second-order valence-electron chi connectivity index (χ2n) is 37.6. The molecule has 142 heavy (non-hydrogen) atoms. The van der Waals surface area contributed by atoms with E-state index in [0.717, 1.165) is 238 Å². The van der Waals surface area contributed by atoms with Crippen LogP contribution in [0.15, 0.2) is 182 Å². The summed E-state index contributed by atoms with van der Waals surface area (Å²) < 4.78 is 18.9. The van der Waals surface area contributed by atoms with Crippen molar-refractivity contribution in [3.05, 3.63) is 303 Å². The normalized spacial score (nSPS) is 13.4. The highest BCUT2D eigenvalue weighted by Gasteiger charge is 2.28. The van der Waals surface area contributed by atoms with Crippen LogP contribution in [0.5, 0.6) is 5.75 Å². The number of hydrogen-bond acceptors (Lipinski definition) is 24. The first-order chi connectivity index (χ1) is 68.0. The minimum atomic E-state index is -0.188. The molecule has 0 spiro atoms. The number of nitrogens with two attached hydrogens (primary N) is 7. The molecule has 0 radical (unpaired) electrons. The summed E-state index contributed by atoms with van der Waals surface area (Å²) in [5.74, 6) is 7.47. The van der Waals surface area contributed by atoms with Crippen LogP contribution in [0, 0.1) is 98.7 Å². The highest BCUT2D eigenvalue weighted by molar-refractivity contribution is 6.32. The molecule has 30 heteroatoms. The van der Waals surface area contributed by atoms with Gasteiger partial charge in [0.05, 0.1) is 47.0 Å². The van der Waals surface area contributed by atoms with Crippen LogP contribution in [-0.4, -0.2) is 89.5 Å². The van der Waals surface area contributed by atoms with Crippen molar-refractivity contribution in [3.8, 4) is 84.6 Å². The molecule has 24 nitrogen and oxygen atoms in total. The van der Waals surface area contributed by atoms with Crippen LogP contribution in [0.25, 0.3) is 78.8 Å². The van der Waals surface area contributed by atoms with Crippen molar-refractivity contribution in [1.29, 1.82) is 0 Å². The van der Waals surface area contributed by atoms with E-state index in [1.165, 1.54) is 87.3 Å². The number of methoxy groups -OCH3 is 1. The number of ether oxygens (including phenoxy) is 1. The Morgan fingerprint density at radius 3 is 0.986 bits per heavy atom. The minimum Gasteiger partial charge on any atom is -0.496 e. The van der Waals surface area contributed by atoms with Crippen LogP contribution in [0.4, 0.5) is 57.7 Å². The predicted octanol–water partition coefficient (Wildman–Crippen LogP) is 26.0. The van der Waals surface area contributed by atoms with Gasteiger partial charge in [0.1, 0.15) is 23.2 Å². The van der Waals surface area contributed by atoms with Crippen molar-refractivity contribution < 1.29 is 9.13 Å². The Balaban J connectivity index is 0.000000132. The fraction of sp³-hybridized carbons (Fsp3) is 0.321. The van der Waals surface area contributed by atoms with Gasteiger partial charge in [0.15, 0.2) is 0 Å². The zero-order valence-corrected chi connectivity index (χ0v) is 86.4. The van der Waals surface area contributed by atoms with Crippen LogP contribution >= 0.6 is 58.0 Å². The average Bonchev–Trinajstić information content (AvgIpc) is 1.50. The lowest BCUT2D eigenvalue weighted by molar-refractivity contribution is 0.312. The van der Waals surface area contributed by atoms with Gasteiger partial charge in [-0.1, -0.05) is 145 Å².